The molecule has 1 atom stereocenters. The number of rotatable bonds is 2. The van der Waals surface area contributed by atoms with E-state index in [1.807, 2.05) is 13.0 Å². The van der Waals surface area contributed by atoms with Crippen LogP contribution in [0, 0.1) is 5.41 Å². The molecule has 0 aromatic carbocycles. The van der Waals surface area contributed by atoms with Gasteiger partial charge < -0.3 is 10.2 Å². The topological polar surface area (TPSA) is 57.1 Å². The van der Waals surface area contributed by atoms with Gasteiger partial charge in [0.2, 0.25) is 5.90 Å². The van der Waals surface area contributed by atoms with Gasteiger partial charge in [0.05, 0.1) is 6.61 Å². The van der Waals surface area contributed by atoms with Gasteiger partial charge in [0.25, 0.3) is 0 Å². The molecular formula is C6H11N3O. The predicted molar refractivity (Wildman–Crippen MR) is 38.6 cm³/mol. The summed E-state index contributed by atoms with van der Waals surface area (Å²) in [7, 11) is 0. The third-order valence-corrected chi connectivity index (χ3v) is 1.19. The molecule has 0 aromatic heterocycles. The molecule has 0 saturated carbocycles. The molecule has 1 aliphatic heterocycles. The van der Waals surface area contributed by atoms with Crippen molar-refractivity contribution >= 4 is 5.90 Å². The van der Waals surface area contributed by atoms with Gasteiger partial charge in [-0.25, -0.2) is 5.43 Å². The first kappa shape index (κ1) is 7.08. The van der Waals surface area contributed by atoms with Crippen molar-refractivity contribution in [1.82, 2.24) is 10.9 Å². The summed E-state index contributed by atoms with van der Waals surface area (Å²) < 4.78 is 4.96. The second kappa shape index (κ2) is 3.22. The third-order valence-electron chi connectivity index (χ3n) is 1.19. The normalized spacial score (nSPS) is 22.3. The molecular weight excluding hydrogens is 130 g/mol. The fourth-order valence-corrected chi connectivity index (χ4v) is 0.729. The highest BCUT2D eigenvalue weighted by Gasteiger charge is 2.13. The van der Waals surface area contributed by atoms with Gasteiger partial charge >= 0.3 is 0 Å². The second-order valence-corrected chi connectivity index (χ2v) is 1.92. The molecule has 1 aliphatic rings. The lowest BCUT2D eigenvalue weighted by Crippen LogP contribution is -2.37. The Balaban J connectivity index is 2.33. The van der Waals surface area contributed by atoms with E-state index in [9.17, 15) is 0 Å². The van der Waals surface area contributed by atoms with E-state index in [4.69, 9.17) is 10.1 Å². The van der Waals surface area contributed by atoms with Crippen molar-refractivity contribution in [3.8, 4) is 0 Å². The molecule has 0 amide bonds. The van der Waals surface area contributed by atoms with Crippen LogP contribution in [0.5, 0.6) is 0 Å². The highest BCUT2D eigenvalue weighted by molar-refractivity contribution is 5.81. The van der Waals surface area contributed by atoms with Crippen molar-refractivity contribution < 1.29 is 4.74 Å². The molecule has 0 radical (unpaired) electrons. The Hall–Kier alpha value is -1.03. The van der Waals surface area contributed by atoms with Crippen LogP contribution in [0.4, 0.5) is 0 Å². The minimum absolute atomic E-state index is 0.0973. The molecule has 56 valence electrons. The Bertz CT molecular complexity index is 155. The van der Waals surface area contributed by atoms with E-state index in [-0.39, 0.29) is 11.9 Å². The quantitative estimate of drug-likeness (QED) is 0.374. The predicted octanol–water partition coefficient (Wildman–Crippen LogP) is -0.00973. The average molecular weight is 141 g/mol. The van der Waals surface area contributed by atoms with Crippen LogP contribution in [0.25, 0.3) is 0 Å². The summed E-state index contributed by atoms with van der Waals surface area (Å²) in [5, 5.41) is 7.31. The lowest BCUT2D eigenvalue weighted by Gasteiger charge is -2.09. The first-order chi connectivity index (χ1) is 4.84. The minimum Gasteiger partial charge on any atom is -0.480 e. The maximum atomic E-state index is 7.31. The molecule has 4 nitrogen and oxygen atoms in total. The van der Waals surface area contributed by atoms with Crippen LogP contribution in [0.15, 0.2) is 12.3 Å². The minimum atomic E-state index is -0.0973. The fraction of sp³-hybridized carbons (Fsp3) is 0.500. The molecule has 10 heavy (non-hydrogen) atoms. The van der Waals surface area contributed by atoms with Crippen molar-refractivity contribution in [3.63, 3.8) is 0 Å². The summed E-state index contributed by atoms with van der Waals surface area (Å²) in [6.07, 6.45) is 3.58. The molecule has 0 aromatic rings. The lowest BCUT2D eigenvalue weighted by molar-refractivity contribution is 0.307. The van der Waals surface area contributed by atoms with E-state index in [0.29, 0.717) is 6.61 Å². The van der Waals surface area contributed by atoms with Gasteiger partial charge in [-0.15, -0.1) is 0 Å². The van der Waals surface area contributed by atoms with E-state index in [1.54, 1.807) is 6.20 Å². The maximum Gasteiger partial charge on any atom is 0.204 e. The highest BCUT2D eigenvalue weighted by Crippen LogP contribution is 1.94. The van der Waals surface area contributed by atoms with Crippen LogP contribution in [-0.2, 0) is 4.74 Å². The summed E-state index contributed by atoms with van der Waals surface area (Å²) >= 11 is 0. The van der Waals surface area contributed by atoms with E-state index < -0.39 is 0 Å². The monoisotopic (exact) mass is 141 g/mol. The molecule has 0 bridgehead atoms. The van der Waals surface area contributed by atoms with Gasteiger partial charge in [-0.1, -0.05) is 0 Å². The largest absolute Gasteiger partial charge is 0.480 e. The van der Waals surface area contributed by atoms with Gasteiger partial charge in [0.15, 0.2) is 0 Å². The third kappa shape index (κ3) is 1.48. The Morgan fingerprint density at radius 2 is 2.60 bits per heavy atom. The molecule has 1 heterocycles. The van der Waals surface area contributed by atoms with Crippen molar-refractivity contribution in [1.29, 1.82) is 5.41 Å². The zero-order valence-electron chi connectivity index (χ0n) is 5.85. The number of hydrogen-bond acceptors (Lipinski definition) is 4. The van der Waals surface area contributed by atoms with E-state index in [2.05, 4.69) is 10.9 Å². The molecule has 1 rings (SSSR count). The maximum absolute atomic E-state index is 7.31. The van der Waals surface area contributed by atoms with Crippen LogP contribution < -0.4 is 10.9 Å². The number of hydrogen-bond donors (Lipinski definition) is 3. The van der Waals surface area contributed by atoms with Gasteiger partial charge in [-0.2, -0.15) is 0 Å². The second-order valence-electron chi connectivity index (χ2n) is 1.92. The van der Waals surface area contributed by atoms with Crippen molar-refractivity contribution in [3.05, 3.63) is 12.3 Å². The molecule has 1 unspecified atom stereocenters. The van der Waals surface area contributed by atoms with Crippen molar-refractivity contribution in [2.45, 2.75) is 13.0 Å². The zero-order chi connectivity index (χ0) is 7.40. The molecule has 4 heteroatoms. The summed E-state index contributed by atoms with van der Waals surface area (Å²) in [5.41, 5.74) is 5.59. The number of nitrogens with one attached hydrogen (secondary N) is 3. The van der Waals surface area contributed by atoms with Crippen molar-refractivity contribution in [2.75, 3.05) is 6.61 Å². The summed E-state index contributed by atoms with van der Waals surface area (Å²) in [6, 6.07) is -0.0973. The lowest BCUT2D eigenvalue weighted by atomic mass is 10.3. The highest BCUT2D eigenvalue weighted by atomic mass is 16.5. The Morgan fingerprint density at radius 3 is 3.10 bits per heavy atom. The summed E-state index contributed by atoms with van der Waals surface area (Å²) in [4.78, 5) is 0. The molecule has 0 saturated heterocycles. The smallest absolute Gasteiger partial charge is 0.204 e. The van der Waals surface area contributed by atoms with Crippen LogP contribution in [0.2, 0.25) is 0 Å². The zero-order valence-corrected chi connectivity index (χ0v) is 5.85. The van der Waals surface area contributed by atoms with Gasteiger partial charge in [-0.05, 0) is 13.0 Å². The van der Waals surface area contributed by atoms with Crippen LogP contribution in [-0.4, -0.2) is 18.5 Å². The molecule has 0 spiro atoms. The summed E-state index contributed by atoms with van der Waals surface area (Å²) in [5.74, 6) is 0.253. The van der Waals surface area contributed by atoms with Gasteiger partial charge in [0, 0.05) is 6.20 Å². The van der Waals surface area contributed by atoms with E-state index in [0.717, 1.165) is 0 Å². The SMILES string of the molecule is CCOC(=N)C1C=CNN1. The first-order valence-electron chi connectivity index (χ1n) is 3.23. The Kier molecular flexibility index (Phi) is 2.28. The standard InChI is InChI=1S/C6H11N3O/c1-2-10-6(7)5-3-4-8-9-5/h3-5,7-9H,2H2,1H3. The molecule has 0 fully saturated rings. The van der Waals surface area contributed by atoms with Gasteiger partial charge in [0.1, 0.15) is 6.04 Å². The van der Waals surface area contributed by atoms with Crippen molar-refractivity contribution in [2.24, 2.45) is 0 Å². The van der Waals surface area contributed by atoms with Crippen LogP contribution in [0.3, 0.4) is 0 Å². The summed E-state index contributed by atoms with van der Waals surface area (Å²) in [6.45, 7) is 2.41. The first-order valence-corrected chi connectivity index (χ1v) is 3.23. The van der Waals surface area contributed by atoms with Crippen LogP contribution in [0.1, 0.15) is 6.92 Å². The van der Waals surface area contributed by atoms with Gasteiger partial charge in [-0.3, -0.25) is 5.41 Å². The van der Waals surface area contributed by atoms with Crippen LogP contribution >= 0.6 is 0 Å². The fourth-order valence-electron chi connectivity index (χ4n) is 0.729. The average Bonchev–Trinajstić information content (AvgIpc) is 2.38. The number of hydrazine groups is 1. The van der Waals surface area contributed by atoms with E-state index in [1.165, 1.54) is 0 Å². The molecule has 0 aliphatic carbocycles. The Labute approximate surface area is 59.7 Å². The van der Waals surface area contributed by atoms with E-state index >= 15 is 0 Å². The molecule has 3 N–H and O–H groups in total. The number of ether oxygens (including phenoxy) is 1. The Morgan fingerprint density at radius 1 is 1.80 bits per heavy atom.